The number of aliphatic hydroxyl groups is 1. The van der Waals surface area contributed by atoms with Gasteiger partial charge in [0.2, 0.25) is 0 Å². The minimum atomic E-state index is -0.0506. The summed E-state index contributed by atoms with van der Waals surface area (Å²) in [7, 11) is 0. The van der Waals surface area contributed by atoms with E-state index in [0.29, 0.717) is 18.7 Å². The van der Waals surface area contributed by atoms with Crippen molar-refractivity contribution in [3.63, 3.8) is 0 Å². The van der Waals surface area contributed by atoms with Crippen molar-refractivity contribution in [2.75, 3.05) is 13.2 Å². The number of aliphatic hydroxyl groups excluding tert-OH is 1. The highest BCUT2D eigenvalue weighted by atomic mass is 16.5. The Balaban J connectivity index is 2.73. The fraction of sp³-hybridized carbons (Fsp3) is 0.562. The highest BCUT2D eigenvalue weighted by Crippen LogP contribution is 2.11. The second kappa shape index (κ2) is 8.02. The lowest BCUT2D eigenvalue weighted by Gasteiger charge is -2.26. The molecule has 0 aromatic heterocycles. The van der Waals surface area contributed by atoms with Gasteiger partial charge in [-0.05, 0) is 45.4 Å². The molecule has 1 aromatic carbocycles. The summed E-state index contributed by atoms with van der Waals surface area (Å²) in [6.07, 6.45) is 0.192. The Kier molecular flexibility index (Phi) is 6.68. The van der Waals surface area contributed by atoms with Crippen LogP contribution in [0.5, 0.6) is 0 Å². The molecule has 0 spiro atoms. The van der Waals surface area contributed by atoms with Crippen LogP contribution in [0.3, 0.4) is 0 Å². The second-order valence-corrected chi connectivity index (χ2v) is 5.37. The minimum Gasteiger partial charge on any atom is -0.395 e. The van der Waals surface area contributed by atoms with Crippen molar-refractivity contribution < 1.29 is 14.6 Å². The normalized spacial score (nSPS) is 11.2. The number of ether oxygens (including phenoxy) is 1. The van der Waals surface area contributed by atoms with E-state index in [1.807, 2.05) is 52.0 Å². The van der Waals surface area contributed by atoms with Crippen LogP contribution >= 0.6 is 0 Å². The van der Waals surface area contributed by atoms with Gasteiger partial charge in [-0.2, -0.15) is 0 Å². The molecule has 0 atom stereocenters. The van der Waals surface area contributed by atoms with Crippen LogP contribution in [0.15, 0.2) is 24.3 Å². The third kappa shape index (κ3) is 4.94. The van der Waals surface area contributed by atoms with Crippen molar-refractivity contribution in [3.05, 3.63) is 35.4 Å². The Labute approximate surface area is 121 Å². The maximum atomic E-state index is 12.3. The van der Waals surface area contributed by atoms with Crippen LogP contribution < -0.4 is 0 Å². The van der Waals surface area contributed by atoms with Crippen LogP contribution in [-0.2, 0) is 11.3 Å². The summed E-state index contributed by atoms with van der Waals surface area (Å²) in [6.45, 7) is 8.76. The molecule has 20 heavy (non-hydrogen) atoms. The molecule has 0 aliphatic carbocycles. The van der Waals surface area contributed by atoms with E-state index in [4.69, 9.17) is 9.84 Å². The van der Waals surface area contributed by atoms with Gasteiger partial charge in [0.25, 0.3) is 5.91 Å². The number of hydrogen-bond acceptors (Lipinski definition) is 3. The van der Waals surface area contributed by atoms with Crippen molar-refractivity contribution in [1.82, 2.24) is 4.90 Å². The molecule has 0 unspecified atom stereocenters. The van der Waals surface area contributed by atoms with E-state index in [1.165, 1.54) is 0 Å². The maximum Gasteiger partial charge on any atom is 0.254 e. The molecule has 0 aliphatic rings. The minimum absolute atomic E-state index is 0.0236. The zero-order valence-electron chi connectivity index (χ0n) is 12.8. The van der Waals surface area contributed by atoms with E-state index in [9.17, 15) is 4.79 Å². The summed E-state index contributed by atoms with van der Waals surface area (Å²) >= 11 is 0. The van der Waals surface area contributed by atoms with Crippen LogP contribution in [0, 0.1) is 0 Å². The zero-order chi connectivity index (χ0) is 15.1. The van der Waals surface area contributed by atoms with Crippen LogP contribution in [0.25, 0.3) is 0 Å². The van der Waals surface area contributed by atoms with Crippen molar-refractivity contribution >= 4 is 5.91 Å². The van der Waals surface area contributed by atoms with E-state index in [1.54, 1.807) is 4.90 Å². The van der Waals surface area contributed by atoms with E-state index < -0.39 is 0 Å². The molecule has 0 fully saturated rings. The SMILES string of the molecule is CC(C)OCc1ccc(C(=O)N(CCO)C(C)C)cc1. The molecule has 1 amide bonds. The lowest BCUT2D eigenvalue weighted by atomic mass is 10.1. The Morgan fingerprint density at radius 3 is 2.25 bits per heavy atom. The van der Waals surface area contributed by atoms with Crippen molar-refractivity contribution in [1.29, 1.82) is 0 Å². The van der Waals surface area contributed by atoms with Gasteiger partial charge in [-0.3, -0.25) is 4.79 Å². The Hall–Kier alpha value is -1.39. The third-order valence-corrected chi connectivity index (χ3v) is 3.01. The molecule has 1 N–H and O–H groups in total. The molecule has 112 valence electrons. The largest absolute Gasteiger partial charge is 0.395 e. The highest BCUT2D eigenvalue weighted by molar-refractivity contribution is 5.94. The molecule has 1 rings (SSSR count). The highest BCUT2D eigenvalue weighted by Gasteiger charge is 2.17. The third-order valence-electron chi connectivity index (χ3n) is 3.01. The fourth-order valence-corrected chi connectivity index (χ4v) is 1.87. The van der Waals surface area contributed by atoms with Gasteiger partial charge >= 0.3 is 0 Å². The number of benzene rings is 1. The summed E-state index contributed by atoms with van der Waals surface area (Å²) in [6, 6.07) is 7.51. The predicted molar refractivity (Wildman–Crippen MR) is 79.6 cm³/mol. The lowest BCUT2D eigenvalue weighted by molar-refractivity contribution is 0.0648. The molecule has 1 aromatic rings. The lowest BCUT2D eigenvalue weighted by Crippen LogP contribution is -2.39. The molecule has 0 radical (unpaired) electrons. The molecular weight excluding hydrogens is 254 g/mol. The first kappa shape index (κ1) is 16.7. The first-order chi connectivity index (χ1) is 9.45. The molecule has 0 heterocycles. The van der Waals surface area contributed by atoms with Gasteiger partial charge in [0.05, 0.1) is 19.3 Å². The number of carbonyl (C=O) groups is 1. The van der Waals surface area contributed by atoms with E-state index in [2.05, 4.69) is 0 Å². The summed E-state index contributed by atoms with van der Waals surface area (Å²) in [5.74, 6) is -0.0506. The second-order valence-electron chi connectivity index (χ2n) is 5.37. The van der Waals surface area contributed by atoms with E-state index >= 15 is 0 Å². The van der Waals surface area contributed by atoms with Gasteiger partial charge in [-0.1, -0.05) is 12.1 Å². The summed E-state index contributed by atoms with van der Waals surface area (Å²) in [5, 5.41) is 9.04. The molecular formula is C16H25NO3. The number of rotatable bonds is 7. The van der Waals surface area contributed by atoms with Crippen molar-refractivity contribution in [2.24, 2.45) is 0 Å². The maximum absolute atomic E-state index is 12.3. The molecule has 0 aliphatic heterocycles. The molecule has 0 bridgehead atoms. The predicted octanol–water partition coefficient (Wildman–Crippen LogP) is 2.45. The first-order valence-corrected chi connectivity index (χ1v) is 7.08. The van der Waals surface area contributed by atoms with Crippen LogP contribution in [-0.4, -0.2) is 41.2 Å². The van der Waals surface area contributed by atoms with Crippen LogP contribution in [0.4, 0.5) is 0 Å². The average molecular weight is 279 g/mol. The van der Waals surface area contributed by atoms with E-state index in [-0.39, 0.29) is 24.7 Å². The van der Waals surface area contributed by atoms with Gasteiger partial charge in [-0.15, -0.1) is 0 Å². The smallest absolute Gasteiger partial charge is 0.254 e. The number of amides is 1. The molecule has 0 saturated carbocycles. The van der Waals surface area contributed by atoms with Crippen LogP contribution in [0.2, 0.25) is 0 Å². The van der Waals surface area contributed by atoms with E-state index in [0.717, 1.165) is 5.56 Å². The zero-order valence-corrected chi connectivity index (χ0v) is 12.8. The van der Waals surface area contributed by atoms with Crippen molar-refractivity contribution in [3.8, 4) is 0 Å². The topological polar surface area (TPSA) is 49.8 Å². The number of carbonyl (C=O) groups excluding carboxylic acids is 1. The van der Waals surface area contributed by atoms with Gasteiger partial charge in [0, 0.05) is 18.2 Å². The molecule has 0 saturated heterocycles. The molecule has 4 nitrogen and oxygen atoms in total. The number of nitrogens with zero attached hydrogens (tertiary/aromatic N) is 1. The average Bonchev–Trinajstić information content (AvgIpc) is 2.42. The Morgan fingerprint density at radius 2 is 1.80 bits per heavy atom. The monoisotopic (exact) mass is 279 g/mol. The van der Waals surface area contributed by atoms with Gasteiger partial charge in [0.1, 0.15) is 0 Å². The first-order valence-electron chi connectivity index (χ1n) is 7.08. The van der Waals surface area contributed by atoms with Crippen molar-refractivity contribution in [2.45, 2.75) is 46.4 Å². The van der Waals surface area contributed by atoms with Gasteiger partial charge in [-0.25, -0.2) is 0 Å². The van der Waals surface area contributed by atoms with Gasteiger partial charge in [0.15, 0.2) is 0 Å². The van der Waals surface area contributed by atoms with Crippen LogP contribution in [0.1, 0.15) is 43.6 Å². The summed E-state index contributed by atoms with van der Waals surface area (Å²) < 4.78 is 5.52. The standard InChI is InChI=1S/C16H25NO3/c1-12(2)17(9-10-18)16(19)15-7-5-14(6-8-15)11-20-13(3)4/h5-8,12-13,18H,9-11H2,1-4H3. The van der Waals surface area contributed by atoms with Gasteiger partial charge < -0.3 is 14.7 Å². The molecule has 4 heteroatoms. The number of hydrogen-bond donors (Lipinski definition) is 1. The Bertz CT molecular complexity index is 412. The summed E-state index contributed by atoms with van der Waals surface area (Å²) in [5.41, 5.74) is 1.69. The summed E-state index contributed by atoms with van der Waals surface area (Å²) in [4.78, 5) is 14.0. The quantitative estimate of drug-likeness (QED) is 0.834. The Morgan fingerprint density at radius 1 is 1.20 bits per heavy atom. The fourth-order valence-electron chi connectivity index (χ4n) is 1.87.